The number of imidazole rings is 2. The van der Waals surface area contributed by atoms with Crippen LogP contribution in [0.3, 0.4) is 0 Å². The normalized spacial score (nSPS) is 12.3. The van der Waals surface area contributed by atoms with Gasteiger partial charge in [-0.05, 0) is 37.6 Å². The molecule has 5 aromatic rings. The minimum absolute atomic E-state index is 0.0982. The van der Waals surface area contributed by atoms with Gasteiger partial charge in [-0.25, -0.2) is 14.6 Å². The van der Waals surface area contributed by atoms with Crippen molar-refractivity contribution < 1.29 is 5.32 Å². The van der Waals surface area contributed by atoms with Crippen LogP contribution in [0.2, 0.25) is 0 Å². The van der Waals surface area contributed by atoms with Crippen LogP contribution in [0.4, 0.5) is 0 Å². The summed E-state index contributed by atoms with van der Waals surface area (Å²) in [7, 11) is 5.29. The highest BCUT2D eigenvalue weighted by Gasteiger charge is 2.20. The van der Waals surface area contributed by atoms with Gasteiger partial charge >= 0.3 is 11.4 Å². The Morgan fingerprint density at radius 1 is 1.03 bits per heavy atom. The number of rotatable bonds is 5. The summed E-state index contributed by atoms with van der Waals surface area (Å²) in [6.45, 7) is 4.15. The smallest absolute Gasteiger partial charge is 0.321 e. The second-order valence-electron chi connectivity index (χ2n) is 8.56. The number of aromatic nitrogens is 6. The number of aryl methyl sites for hydroxylation is 3. The molecule has 35 heavy (non-hydrogen) atoms. The van der Waals surface area contributed by atoms with Gasteiger partial charge < -0.3 is 10.7 Å². The van der Waals surface area contributed by atoms with Crippen LogP contribution in [-0.4, -0.2) is 41.0 Å². The van der Waals surface area contributed by atoms with E-state index in [2.05, 4.69) is 9.97 Å². The number of quaternary nitrogens is 1. The van der Waals surface area contributed by atoms with Gasteiger partial charge in [-0.1, -0.05) is 6.07 Å². The molecular formula is C25H27N8O2+. The van der Waals surface area contributed by atoms with Crippen molar-refractivity contribution in [3.05, 3.63) is 63.8 Å². The van der Waals surface area contributed by atoms with E-state index in [1.54, 1.807) is 57.9 Å². The van der Waals surface area contributed by atoms with Crippen molar-refractivity contribution in [1.82, 2.24) is 28.2 Å². The number of benzene rings is 1. The maximum Gasteiger partial charge on any atom is 0.333 e. The predicted molar refractivity (Wildman–Crippen MR) is 138 cm³/mol. The van der Waals surface area contributed by atoms with E-state index in [1.807, 2.05) is 43.6 Å². The van der Waals surface area contributed by atoms with Gasteiger partial charge in [0.15, 0.2) is 5.65 Å². The fourth-order valence-corrected chi connectivity index (χ4v) is 4.67. The topological polar surface area (TPSA) is 120 Å². The zero-order valence-corrected chi connectivity index (χ0v) is 20.3. The molecule has 10 nitrogen and oxygen atoms in total. The summed E-state index contributed by atoms with van der Waals surface area (Å²) in [5, 5.41) is 10.9. The molecule has 0 atom stereocenters. The first-order valence-corrected chi connectivity index (χ1v) is 11.4. The van der Waals surface area contributed by atoms with Crippen molar-refractivity contribution in [2.45, 2.75) is 20.4 Å². The average molecular weight is 472 g/mol. The number of nitrogens with one attached hydrogen (secondary N) is 1. The van der Waals surface area contributed by atoms with Gasteiger partial charge in [0.1, 0.15) is 11.9 Å². The van der Waals surface area contributed by atoms with Crippen LogP contribution in [0.25, 0.3) is 49.9 Å². The maximum absolute atomic E-state index is 13.3. The number of nitrogens with zero attached hydrogens (tertiary/aromatic N) is 6. The molecule has 0 bridgehead atoms. The second kappa shape index (κ2) is 8.17. The molecule has 0 unspecified atom stereocenters. The number of pyridine rings is 2. The minimum Gasteiger partial charge on any atom is -0.321 e. The predicted octanol–water partition coefficient (Wildman–Crippen LogP) is 1.65. The largest absolute Gasteiger partial charge is 0.333 e. The van der Waals surface area contributed by atoms with E-state index in [9.17, 15) is 9.59 Å². The summed E-state index contributed by atoms with van der Waals surface area (Å²) in [6.07, 6.45) is 5.23. The first kappa shape index (κ1) is 22.5. The molecule has 3 N–H and O–H groups in total. The standard InChI is InChI=1S/C25H26N8O2/c1-6-32-19-10-16(11-29-23(19)31(5)24(32)34)15-7-8-18-17(9-15)22-21(13-28-18)30(4)25(35)33(22)20(12-27-3)14(2)26/h7-13,26-27H,6H2,1-5H3/p+1. The third-order valence-corrected chi connectivity index (χ3v) is 6.46. The summed E-state index contributed by atoms with van der Waals surface area (Å²) in [4.78, 5) is 35.0. The molecule has 5 rings (SSSR count). The van der Waals surface area contributed by atoms with Crippen LogP contribution in [-0.2, 0) is 20.6 Å². The molecule has 0 aliphatic rings. The van der Waals surface area contributed by atoms with Crippen molar-refractivity contribution in [3.8, 4) is 11.1 Å². The summed E-state index contributed by atoms with van der Waals surface area (Å²) in [5.41, 5.74) is 5.73. The van der Waals surface area contributed by atoms with Gasteiger partial charge in [-0.2, -0.15) is 0 Å². The number of hydrogen-bond donors (Lipinski definition) is 2. The summed E-state index contributed by atoms with van der Waals surface area (Å²) >= 11 is 0. The molecule has 4 aromatic heterocycles. The second-order valence-corrected chi connectivity index (χ2v) is 8.56. The number of fused-ring (bicyclic) bond motifs is 4. The Bertz CT molecular complexity index is 1810. The highest BCUT2D eigenvalue weighted by Crippen LogP contribution is 2.30. The Hall–Kier alpha value is -4.31. The van der Waals surface area contributed by atoms with Crippen molar-refractivity contribution in [3.63, 3.8) is 0 Å². The molecule has 1 aromatic carbocycles. The van der Waals surface area contributed by atoms with E-state index in [4.69, 9.17) is 5.41 Å². The quantitative estimate of drug-likeness (QED) is 0.379. The van der Waals surface area contributed by atoms with Crippen molar-refractivity contribution >= 4 is 44.5 Å². The lowest BCUT2D eigenvalue weighted by Crippen LogP contribution is -2.73. The summed E-state index contributed by atoms with van der Waals surface area (Å²) in [5.74, 6) is 0. The molecule has 0 spiro atoms. The fraction of sp³-hybridized carbons (Fsp3) is 0.240. The molecule has 0 saturated heterocycles. The van der Waals surface area contributed by atoms with Crippen LogP contribution < -0.4 is 16.7 Å². The van der Waals surface area contributed by atoms with Crippen molar-refractivity contribution in [2.24, 2.45) is 14.1 Å². The Labute approximate surface area is 200 Å². The van der Waals surface area contributed by atoms with E-state index >= 15 is 0 Å². The van der Waals surface area contributed by atoms with Crippen molar-refractivity contribution in [1.29, 1.82) is 5.41 Å². The van der Waals surface area contributed by atoms with Crippen molar-refractivity contribution in [2.75, 3.05) is 7.05 Å². The lowest BCUT2D eigenvalue weighted by atomic mass is 10.0. The number of hydrogen-bond acceptors (Lipinski definition) is 5. The van der Waals surface area contributed by atoms with Gasteiger partial charge in [0.2, 0.25) is 0 Å². The van der Waals surface area contributed by atoms with Crippen LogP contribution in [0.15, 0.2) is 52.4 Å². The third kappa shape index (κ3) is 3.25. The lowest BCUT2D eigenvalue weighted by Gasteiger charge is -2.09. The average Bonchev–Trinajstić information content (AvgIpc) is 3.25. The molecule has 4 heterocycles. The Balaban J connectivity index is 1.84. The highest BCUT2D eigenvalue weighted by atomic mass is 16.2. The van der Waals surface area contributed by atoms with Crippen LogP contribution in [0.5, 0.6) is 0 Å². The third-order valence-electron chi connectivity index (χ3n) is 6.46. The summed E-state index contributed by atoms with van der Waals surface area (Å²) in [6, 6.07) is 7.85. The summed E-state index contributed by atoms with van der Waals surface area (Å²) < 4.78 is 6.39. The van der Waals surface area contributed by atoms with Crippen LogP contribution >= 0.6 is 0 Å². The zero-order chi connectivity index (χ0) is 25.0. The van der Waals surface area contributed by atoms with Crippen LogP contribution in [0, 0.1) is 5.41 Å². The SMILES string of the molecule is CCn1c(=O)n(C)c2ncc(-c3ccc4ncc5c(c4c3)n(C(=C[NH2+]C)C(C)=N)c(=O)n5C)cc21. The first-order valence-electron chi connectivity index (χ1n) is 11.4. The van der Waals surface area contributed by atoms with Gasteiger partial charge in [-0.15, -0.1) is 0 Å². The maximum atomic E-state index is 13.3. The first-order chi connectivity index (χ1) is 16.8. The van der Waals surface area contributed by atoms with E-state index in [1.165, 1.54) is 0 Å². The lowest BCUT2D eigenvalue weighted by molar-refractivity contribution is -0.555. The Morgan fingerprint density at radius 3 is 2.49 bits per heavy atom. The molecule has 10 heteroatoms. The van der Waals surface area contributed by atoms with E-state index in [0.29, 0.717) is 28.9 Å². The van der Waals surface area contributed by atoms with Gasteiger partial charge in [0, 0.05) is 37.8 Å². The minimum atomic E-state index is -0.237. The molecule has 0 aliphatic carbocycles. The molecule has 0 fully saturated rings. The van der Waals surface area contributed by atoms with E-state index < -0.39 is 0 Å². The molecule has 0 saturated carbocycles. The number of nitrogens with two attached hydrogens (primary N) is 1. The van der Waals surface area contributed by atoms with Gasteiger partial charge in [-0.3, -0.25) is 23.3 Å². The zero-order valence-electron chi connectivity index (χ0n) is 20.3. The van der Waals surface area contributed by atoms with Gasteiger partial charge in [0.05, 0.1) is 41.0 Å². The molecule has 0 radical (unpaired) electrons. The highest BCUT2D eigenvalue weighted by molar-refractivity contribution is 6.18. The Kier molecular flexibility index (Phi) is 5.25. The van der Waals surface area contributed by atoms with Crippen LogP contribution in [0.1, 0.15) is 13.8 Å². The molecule has 0 amide bonds. The van der Waals surface area contributed by atoms with E-state index in [-0.39, 0.29) is 17.1 Å². The Morgan fingerprint density at radius 2 is 1.80 bits per heavy atom. The molecular weight excluding hydrogens is 444 g/mol. The molecule has 178 valence electrons. The van der Waals surface area contributed by atoms with Gasteiger partial charge in [0.25, 0.3) is 0 Å². The number of allylic oxidation sites excluding steroid dienone is 1. The molecule has 0 aliphatic heterocycles. The fourth-order valence-electron chi connectivity index (χ4n) is 4.67. The monoisotopic (exact) mass is 471 g/mol. The van der Waals surface area contributed by atoms with E-state index in [0.717, 1.165) is 27.5 Å².